The Morgan fingerprint density at radius 2 is 1.88 bits per heavy atom. The van der Waals surface area contributed by atoms with E-state index in [4.69, 9.17) is 4.74 Å². The summed E-state index contributed by atoms with van der Waals surface area (Å²) in [5.74, 6) is 0.850. The lowest BCUT2D eigenvalue weighted by molar-refractivity contribution is -0.697. The van der Waals surface area contributed by atoms with E-state index < -0.39 is 6.10 Å². The molecule has 4 heteroatoms. The molecule has 0 aromatic heterocycles. The predicted molar refractivity (Wildman–Crippen MR) is 96.4 cm³/mol. The van der Waals surface area contributed by atoms with E-state index in [2.05, 4.69) is 45.1 Å². The molecule has 0 aliphatic heterocycles. The van der Waals surface area contributed by atoms with Crippen LogP contribution in [0.3, 0.4) is 0 Å². The molecule has 136 valence electrons. The van der Waals surface area contributed by atoms with E-state index in [1.807, 2.05) is 6.07 Å². The molecule has 24 heavy (non-hydrogen) atoms. The van der Waals surface area contributed by atoms with Gasteiger partial charge in [-0.1, -0.05) is 32.9 Å². The number of ether oxygens (including phenoxy) is 1. The molecule has 0 radical (unpaired) electrons. The lowest BCUT2D eigenvalue weighted by atomic mass is 9.86. The van der Waals surface area contributed by atoms with Gasteiger partial charge in [-0.15, -0.1) is 0 Å². The molecular weight excluding hydrogens is 302 g/mol. The molecule has 0 amide bonds. The minimum atomic E-state index is -0.474. The van der Waals surface area contributed by atoms with Crippen LogP contribution in [0.4, 0.5) is 0 Å². The summed E-state index contributed by atoms with van der Waals surface area (Å²) in [7, 11) is 0. The molecule has 4 nitrogen and oxygen atoms in total. The summed E-state index contributed by atoms with van der Waals surface area (Å²) in [5, 5.41) is 21.9. The molecule has 0 heterocycles. The van der Waals surface area contributed by atoms with Crippen molar-refractivity contribution in [3.8, 4) is 5.75 Å². The van der Waals surface area contributed by atoms with Gasteiger partial charge in [0.25, 0.3) is 0 Å². The van der Waals surface area contributed by atoms with Crippen LogP contribution in [0.5, 0.6) is 5.75 Å². The maximum Gasteiger partial charge on any atom is 0.137 e. The number of benzene rings is 1. The summed E-state index contributed by atoms with van der Waals surface area (Å²) in [6.07, 6.45) is 3.23. The fourth-order valence-corrected chi connectivity index (χ4v) is 3.22. The number of aliphatic hydroxyl groups is 2. The monoisotopic (exact) mass is 336 g/mol. The fraction of sp³-hybridized carbons (Fsp3) is 0.700. The Kier molecular flexibility index (Phi) is 6.67. The predicted octanol–water partition coefficient (Wildman–Crippen LogP) is 1.90. The van der Waals surface area contributed by atoms with E-state index in [-0.39, 0.29) is 11.5 Å². The zero-order valence-electron chi connectivity index (χ0n) is 15.6. The highest BCUT2D eigenvalue weighted by atomic mass is 16.5. The van der Waals surface area contributed by atoms with Crippen LogP contribution >= 0.6 is 0 Å². The Morgan fingerprint density at radius 3 is 2.46 bits per heavy atom. The molecule has 0 saturated heterocycles. The summed E-state index contributed by atoms with van der Waals surface area (Å²) in [4.78, 5) is 0. The summed E-state index contributed by atoms with van der Waals surface area (Å²) < 4.78 is 5.81. The summed E-state index contributed by atoms with van der Waals surface area (Å²) >= 11 is 0. The van der Waals surface area contributed by atoms with Gasteiger partial charge in [0.05, 0.1) is 12.1 Å². The number of rotatable bonds is 6. The van der Waals surface area contributed by atoms with Crippen molar-refractivity contribution in [2.45, 2.75) is 77.0 Å². The van der Waals surface area contributed by atoms with Crippen molar-refractivity contribution >= 4 is 0 Å². The Labute approximate surface area is 146 Å². The normalized spacial score (nSPS) is 23.1. The van der Waals surface area contributed by atoms with Crippen LogP contribution in [-0.2, 0) is 5.41 Å². The Hall–Kier alpha value is -1.10. The minimum absolute atomic E-state index is 0.123. The molecule has 1 aliphatic rings. The summed E-state index contributed by atoms with van der Waals surface area (Å²) in [6.45, 7) is 9.63. The third-order valence-electron chi connectivity index (χ3n) is 4.96. The highest BCUT2D eigenvalue weighted by molar-refractivity contribution is 5.38. The van der Waals surface area contributed by atoms with Gasteiger partial charge in [-0.05, 0) is 42.4 Å². The quantitative estimate of drug-likeness (QED) is 0.743. The summed E-state index contributed by atoms with van der Waals surface area (Å²) in [6, 6.07) is 6.81. The topological polar surface area (TPSA) is 66.3 Å². The number of hydrogen-bond donors (Lipinski definition) is 3. The maximum atomic E-state index is 10.2. The second-order valence-electron chi connectivity index (χ2n) is 8.24. The van der Waals surface area contributed by atoms with E-state index in [0.29, 0.717) is 19.2 Å². The SMILES string of the molecule is Cc1cc(C(C)(C)C)ccc1OC[C@@H](O)C[NH2+]C1CCC(O)CC1. The van der Waals surface area contributed by atoms with Crippen molar-refractivity contribution in [1.82, 2.24) is 0 Å². The highest BCUT2D eigenvalue weighted by Crippen LogP contribution is 2.27. The largest absolute Gasteiger partial charge is 0.490 e. The Morgan fingerprint density at radius 1 is 1.21 bits per heavy atom. The number of quaternary nitrogens is 1. The van der Waals surface area contributed by atoms with Crippen LogP contribution in [0.1, 0.15) is 57.6 Å². The van der Waals surface area contributed by atoms with Gasteiger partial charge in [0.15, 0.2) is 0 Å². The van der Waals surface area contributed by atoms with Gasteiger partial charge in [-0.2, -0.15) is 0 Å². The standard InChI is InChI=1S/C20H33NO3/c1-14-11-15(20(2,3)4)5-10-19(14)24-13-18(23)12-21-16-6-8-17(22)9-7-16/h5,10-11,16-18,21-23H,6-9,12-13H2,1-4H3/p+1/t16?,17?,18-/m0/s1. The Balaban J connectivity index is 1.76. The van der Waals surface area contributed by atoms with Crippen LogP contribution in [0.25, 0.3) is 0 Å². The van der Waals surface area contributed by atoms with Crippen LogP contribution in [0.2, 0.25) is 0 Å². The molecule has 1 aromatic rings. The lowest BCUT2D eigenvalue weighted by Gasteiger charge is -2.24. The van der Waals surface area contributed by atoms with Crippen molar-refractivity contribution in [3.05, 3.63) is 29.3 Å². The molecule has 1 atom stereocenters. The first-order valence-electron chi connectivity index (χ1n) is 9.19. The Bertz CT molecular complexity index is 516. The van der Waals surface area contributed by atoms with Crippen molar-refractivity contribution in [1.29, 1.82) is 0 Å². The van der Waals surface area contributed by atoms with Gasteiger partial charge in [-0.3, -0.25) is 0 Å². The van der Waals surface area contributed by atoms with E-state index in [1.54, 1.807) is 0 Å². The average molecular weight is 336 g/mol. The van der Waals surface area contributed by atoms with E-state index in [9.17, 15) is 10.2 Å². The van der Waals surface area contributed by atoms with Crippen LogP contribution in [0, 0.1) is 6.92 Å². The molecule has 0 bridgehead atoms. The fourth-order valence-electron chi connectivity index (χ4n) is 3.22. The second kappa shape index (κ2) is 8.32. The maximum absolute atomic E-state index is 10.2. The van der Waals surface area contributed by atoms with Crippen molar-refractivity contribution in [2.24, 2.45) is 0 Å². The van der Waals surface area contributed by atoms with Gasteiger partial charge in [-0.25, -0.2) is 0 Å². The zero-order chi connectivity index (χ0) is 17.7. The highest BCUT2D eigenvalue weighted by Gasteiger charge is 2.22. The molecule has 1 fully saturated rings. The van der Waals surface area contributed by atoms with Crippen LogP contribution in [0.15, 0.2) is 18.2 Å². The lowest BCUT2D eigenvalue weighted by Crippen LogP contribution is -2.92. The van der Waals surface area contributed by atoms with Gasteiger partial charge in [0.1, 0.15) is 25.0 Å². The minimum Gasteiger partial charge on any atom is -0.490 e. The average Bonchev–Trinajstić information content (AvgIpc) is 2.52. The smallest absolute Gasteiger partial charge is 0.137 e. The van der Waals surface area contributed by atoms with Gasteiger partial charge >= 0.3 is 0 Å². The third kappa shape index (κ3) is 5.76. The van der Waals surface area contributed by atoms with Gasteiger partial charge in [0, 0.05) is 12.8 Å². The van der Waals surface area contributed by atoms with Crippen LogP contribution in [-0.4, -0.2) is 41.6 Å². The third-order valence-corrected chi connectivity index (χ3v) is 4.96. The number of nitrogens with two attached hydrogens (primary N) is 1. The molecule has 1 saturated carbocycles. The van der Waals surface area contributed by atoms with Gasteiger partial charge < -0.3 is 20.3 Å². The van der Waals surface area contributed by atoms with Crippen LogP contribution < -0.4 is 10.1 Å². The van der Waals surface area contributed by atoms with E-state index in [1.165, 1.54) is 5.56 Å². The first-order chi connectivity index (χ1) is 11.3. The summed E-state index contributed by atoms with van der Waals surface area (Å²) in [5.41, 5.74) is 2.53. The van der Waals surface area contributed by atoms with E-state index >= 15 is 0 Å². The molecule has 4 N–H and O–H groups in total. The van der Waals surface area contributed by atoms with E-state index in [0.717, 1.165) is 37.0 Å². The first kappa shape index (κ1) is 19.2. The van der Waals surface area contributed by atoms with Crippen molar-refractivity contribution in [3.63, 3.8) is 0 Å². The number of aryl methyl sites for hydroxylation is 1. The number of hydrogen-bond acceptors (Lipinski definition) is 3. The first-order valence-corrected chi connectivity index (χ1v) is 9.19. The molecule has 1 aliphatic carbocycles. The molecule has 0 spiro atoms. The van der Waals surface area contributed by atoms with Crippen molar-refractivity contribution < 1.29 is 20.3 Å². The zero-order valence-corrected chi connectivity index (χ0v) is 15.6. The van der Waals surface area contributed by atoms with Gasteiger partial charge in [0.2, 0.25) is 0 Å². The molecular formula is C20H34NO3+. The number of aliphatic hydroxyl groups excluding tert-OH is 2. The van der Waals surface area contributed by atoms with Crippen molar-refractivity contribution in [2.75, 3.05) is 13.2 Å². The molecule has 0 unspecified atom stereocenters. The molecule has 2 rings (SSSR count). The second-order valence-corrected chi connectivity index (χ2v) is 8.24. The molecule has 1 aromatic carbocycles.